The van der Waals surface area contributed by atoms with E-state index in [1.165, 1.54) is 6.20 Å². The van der Waals surface area contributed by atoms with Crippen molar-refractivity contribution in [3.8, 4) is 0 Å². The van der Waals surface area contributed by atoms with Crippen LogP contribution in [0.1, 0.15) is 5.56 Å². The molecule has 20 heavy (non-hydrogen) atoms. The predicted octanol–water partition coefficient (Wildman–Crippen LogP) is 1.38. The van der Waals surface area contributed by atoms with E-state index in [1.807, 2.05) is 13.0 Å². The van der Waals surface area contributed by atoms with Crippen LogP contribution in [0.15, 0.2) is 29.4 Å². The largest absolute Gasteiger partial charge is 0.324 e. The average molecular weight is 308 g/mol. The van der Waals surface area contributed by atoms with Gasteiger partial charge in [0.15, 0.2) is 14.9 Å². The fourth-order valence-electron chi connectivity index (χ4n) is 1.67. The predicted molar refractivity (Wildman–Crippen MR) is 80.0 cm³/mol. The summed E-state index contributed by atoms with van der Waals surface area (Å²) in [6.45, 7) is 1.89. The van der Waals surface area contributed by atoms with Gasteiger partial charge in [0.2, 0.25) is 5.95 Å². The zero-order valence-corrected chi connectivity index (χ0v) is 12.5. The minimum atomic E-state index is -3.51. The van der Waals surface area contributed by atoms with Crippen molar-refractivity contribution < 1.29 is 8.42 Å². The van der Waals surface area contributed by atoms with Crippen LogP contribution in [0.4, 0.5) is 11.6 Å². The van der Waals surface area contributed by atoms with E-state index in [9.17, 15) is 8.42 Å². The third-order valence-electron chi connectivity index (χ3n) is 2.43. The Kier molecular flexibility index (Phi) is 4.01. The number of rotatable bonds is 3. The number of sulfone groups is 1. The van der Waals surface area contributed by atoms with Crippen LogP contribution in [0.2, 0.25) is 5.02 Å². The van der Waals surface area contributed by atoms with Gasteiger partial charge in [0.1, 0.15) is 7.85 Å². The van der Waals surface area contributed by atoms with Gasteiger partial charge in [-0.05, 0) is 36.1 Å². The Morgan fingerprint density at radius 3 is 2.60 bits per heavy atom. The van der Waals surface area contributed by atoms with Gasteiger partial charge in [-0.15, -0.1) is 0 Å². The second kappa shape index (κ2) is 5.42. The lowest BCUT2D eigenvalue weighted by Gasteiger charge is -2.09. The minimum absolute atomic E-state index is 0.0142. The number of hydrogen-bond donors (Lipinski definition) is 1. The van der Waals surface area contributed by atoms with E-state index >= 15 is 0 Å². The Morgan fingerprint density at radius 2 is 2.00 bits per heavy atom. The van der Waals surface area contributed by atoms with E-state index in [1.54, 1.807) is 12.1 Å². The van der Waals surface area contributed by atoms with Crippen molar-refractivity contribution in [2.24, 2.45) is 0 Å². The Morgan fingerprint density at radius 1 is 1.30 bits per heavy atom. The number of aromatic nitrogens is 2. The van der Waals surface area contributed by atoms with Crippen molar-refractivity contribution in [1.82, 2.24) is 9.97 Å². The molecule has 0 spiro atoms. The van der Waals surface area contributed by atoms with E-state index in [0.29, 0.717) is 10.7 Å². The van der Waals surface area contributed by atoms with Crippen LogP contribution >= 0.6 is 11.6 Å². The van der Waals surface area contributed by atoms with Crippen molar-refractivity contribution in [1.29, 1.82) is 0 Å². The molecule has 0 aliphatic heterocycles. The maximum Gasteiger partial charge on any atom is 0.228 e. The quantitative estimate of drug-likeness (QED) is 0.685. The fraction of sp³-hybridized carbons (Fsp3) is 0.167. The van der Waals surface area contributed by atoms with Crippen LogP contribution in [-0.4, -0.2) is 32.5 Å². The highest BCUT2D eigenvalue weighted by Gasteiger charge is 2.14. The average Bonchev–Trinajstić information content (AvgIpc) is 2.29. The smallest absolute Gasteiger partial charge is 0.228 e. The first-order valence-electron chi connectivity index (χ1n) is 5.62. The monoisotopic (exact) mass is 307 g/mol. The fourth-order valence-corrected chi connectivity index (χ4v) is 2.69. The van der Waals surface area contributed by atoms with Gasteiger partial charge in [0.05, 0.1) is 0 Å². The molecule has 5 nitrogen and oxygen atoms in total. The Labute approximate surface area is 123 Å². The van der Waals surface area contributed by atoms with Gasteiger partial charge in [-0.25, -0.2) is 18.4 Å². The van der Waals surface area contributed by atoms with E-state index < -0.39 is 9.84 Å². The number of halogens is 1. The molecule has 1 aromatic carbocycles. The van der Waals surface area contributed by atoms with Crippen LogP contribution < -0.4 is 10.8 Å². The highest BCUT2D eigenvalue weighted by Crippen LogP contribution is 2.20. The van der Waals surface area contributed by atoms with Crippen molar-refractivity contribution in [3.63, 3.8) is 0 Å². The minimum Gasteiger partial charge on any atom is -0.324 e. The summed E-state index contributed by atoms with van der Waals surface area (Å²) in [6.07, 6.45) is 2.29. The van der Waals surface area contributed by atoms with E-state index in [0.717, 1.165) is 11.8 Å². The summed E-state index contributed by atoms with van der Waals surface area (Å²) in [5.74, 6) is 0.140. The summed E-state index contributed by atoms with van der Waals surface area (Å²) >= 11 is 5.95. The molecule has 0 bridgehead atoms. The van der Waals surface area contributed by atoms with Gasteiger partial charge in [-0.3, -0.25) is 0 Å². The Hall–Kier alpha value is -1.60. The molecule has 0 amide bonds. The molecule has 1 N–H and O–H groups in total. The van der Waals surface area contributed by atoms with Gasteiger partial charge in [0.25, 0.3) is 0 Å². The van der Waals surface area contributed by atoms with Crippen LogP contribution in [-0.2, 0) is 9.84 Å². The molecule has 2 aromatic rings. The van der Waals surface area contributed by atoms with Crippen molar-refractivity contribution in [3.05, 3.63) is 35.0 Å². The molecule has 8 heteroatoms. The van der Waals surface area contributed by atoms with Crippen molar-refractivity contribution in [2.75, 3.05) is 11.6 Å². The highest BCUT2D eigenvalue weighted by molar-refractivity contribution is 7.90. The van der Waals surface area contributed by atoms with E-state index in [2.05, 4.69) is 15.3 Å². The number of benzene rings is 1. The normalized spacial score (nSPS) is 11.3. The number of aryl methyl sites for hydroxylation is 1. The third-order valence-corrected chi connectivity index (χ3v) is 3.68. The van der Waals surface area contributed by atoms with Gasteiger partial charge in [0, 0.05) is 23.2 Å². The van der Waals surface area contributed by atoms with Crippen molar-refractivity contribution in [2.45, 2.75) is 11.9 Å². The van der Waals surface area contributed by atoms with Crippen LogP contribution in [0.3, 0.4) is 0 Å². The molecule has 1 heterocycles. The van der Waals surface area contributed by atoms with Gasteiger partial charge in [-0.1, -0.05) is 11.6 Å². The molecule has 0 aliphatic carbocycles. The molecule has 0 atom stereocenters. The molecule has 0 unspecified atom stereocenters. The van der Waals surface area contributed by atoms with Crippen molar-refractivity contribution >= 4 is 46.4 Å². The first kappa shape index (κ1) is 14.8. The lowest BCUT2D eigenvalue weighted by molar-refractivity contribution is 0.599. The molecular weight excluding hydrogens is 296 g/mol. The Balaban J connectivity index is 2.40. The van der Waals surface area contributed by atoms with Gasteiger partial charge < -0.3 is 5.32 Å². The van der Waals surface area contributed by atoms with Crippen LogP contribution in [0.5, 0.6) is 0 Å². The molecule has 1 aromatic heterocycles. The first-order chi connectivity index (χ1) is 9.25. The summed E-state index contributed by atoms with van der Waals surface area (Å²) in [5.41, 5.74) is 1.64. The lowest BCUT2D eigenvalue weighted by atomic mass is 10.0. The number of nitrogens with one attached hydrogen (secondary N) is 1. The molecule has 0 fully saturated rings. The lowest BCUT2D eigenvalue weighted by Crippen LogP contribution is -2.19. The molecule has 0 saturated carbocycles. The molecule has 2 radical (unpaired) electrons. The van der Waals surface area contributed by atoms with Crippen LogP contribution in [0, 0.1) is 6.92 Å². The molecular formula is C12H11BClN3O2S. The zero-order chi connectivity index (χ0) is 14.9. The molecule has 0 saturated heterocycles. The summed E-state index contributed by atoms with van der Waals surface area (Å²) in [7, 11) is 2.06. The number of nitrogens with zero attached hydrogens (tertiary/aromatic N) is 2. The maximum atomic E-state index is 11.5. The maximum absolute atomic E-state index is 11.5. The van der Waals surface area contributed by atoms with Gasteiger partial charge in [-0.2, -0.15) is 0 Å². The second-order valence-electron chi connectivity index (χ2n) is 4.37. The first-order valence-corrected chi connectivity index (χ1v) is 7.89. The number of anilines is 2. The topological polar surface area (TPSA) is 72.0 Å². The molecule has 2 rings (SSSR count). The van der Waals surface area contributed by atoms with E-state index in [-0.39, 0.29) is 16.4 Å². The zero-order valence-electron chi connectivity index (χ0n) is 10.9. The van der Waals surface area contributed by atoms with Crippen LogP contribution in [0.25, 0.3) is 0 Å². The molecule has 102 valence electrons. The SMILES string of the molecule is [B]c1cnc(Nc2cc(C)cc(Cl)c2)nc1S(C)(=O)=O. The number of hydrogen-bond acceptors (Lipinski definition) is 5. The summed E-state index contributed by atoms with van der Waals surface area (Å²) in [6, 6.07) is 5.33. The third kappa shape index (κ3) is 3.49. The Bertz CT molecular complexity index is 745. The molecule has 0 aliphatic rings. The standard InChI is InChI=1S/C12H11BClN3O2S/c1-7-3-8(14)5-9(4-7)16-12-15-6-10(13)11(17-12)20(2,18)19/h3-6H,1-2H3,(H,15,16,17). The highest BCUT2D eigenvalue weighted by atomic mass is 35.5. The summed E-state index contributed by atoms with van der Waals surface area (Å²) in [4.78, 5) is 7.87. The summed E-state index contributed by atoms with van der Waals surface area (Å²) < 4.78 is 23.1. The second-order valence-corrected chi connectivity index (χ2v) is 6.74. The van der Waals surface area contributed by atoms with E-state index in [4.69, 9.17) is 19.4 Å². The van der Waals surface area contributed by atoms with Gasteiger partial charge >= 0.3 is 0 Å². The summed E-state index contributed by atoms with van der Waals surface area (Å²) in [5, 5.41) is 3.26.